The Kier molecular flexibility index (Phi) is 4.21. The average molecular weight is 238 g/mol. The predicted molar refractivity (Wildman–Crippen MR) is 64.9 cm³/mol. The van der Waals surface area contributed by atoms with Crippen LogP contribution in [0.4, 0.5) is 0 Å². The second-order valence-electron chi connectivity index (χ2n) is 3.41. The van der Waals surface area contributed by atoms with Gasteiger partial charge in [-0.1, -0.05) is 0 Å². The van der Waals surface area contributed by atoms with Gasteiger partial charge in [0.25, 0.3) is 11.1 Å². The van der Waals surface area contributed by atoms with Gasteiger partial charge in [0.15, 0.2) is 0 Å². The summed E-state index contributed by atoms with van der Waals surface area (Å²) in [5.41, 5.74) is 10.3. The van der Waals surface area contributed by atoms with Crippen LogP contribution in [0, 0.1) is 0 Å². The Balaban J connectivity index is 2.71. The minimum Gasteiger partial charge on any atom is -0.369 e. The minimum atomic E-state index is -0.330. The molecule has 0 aliphatic rings. The standard InChI is InChI=1S/C9H14N6O2/c1-6(12-13-9(10)11)4-5-15-8(17)3-2-7(16)14-15/h2-3H,4-5H2,1H3,(H,14,16)(H4,10,11,13)/b12-6+. The van der Waals surface area contributed by atoms with Crippen molar-refractivity contribution in [3.05, 3.63) is 32.8 Å². The van der Waals surface area contributed by atoms with Crippen molar-refractivity contribution >= 4 is 11.7 Å². The van der Waals surface area contributed by atoms with E-state index in [-0.39, 0.29) is 17.1 Å². The van der Waals surface area contributed by atoms with Crippen LogP contribution >= 0.6 is 0 Å². The van der Waals surface area contributed by atoms with Crippen molar-refractivity contribution in [2.45, 2.75) is 19.9 Å². The lowest BCUT2D eigenvalue weighted by molar-refractivity contribution is 0.584. The highest BCUT2D eigenvalue weighted by molar-refractivity contribution is 5.83. The Morgan fingerprint density at radius 1 is 1.35 bits per heavy atom. The van der Waals surface area contributed by atoms with Crippen LogP contribution in [0.5, 0.6) is 0 Å². The monoisotopic (exact) mass is 238 g/mol. The highest BCUT2D eigenvalue weighted by Crippen LogP contribution is 1.89. The lowest BCUT2D eigenvalue weighted by Crippen LogP contribution is -2.28. The van der Waals surface area contributed by atoms with Crippen LogP contribution in [-0.2, 0) is 6.54 Å². The molecule has 1 aromatic rings. The molecule has 92 valence electrons. The zero-order chi connectivity index (χ0) is 12.8. The highest BCUT2D eigenvalue weighted by Gasteiger charge is 1.98. The van der Waals surface area contributed by atoms with E-state index in [0.717, 1.165) is 0 Å². The average Bonchev–Trinajstić information content (AvgIpc) is 2.27. The fourth-order valence-corrected chi connectivity index (χ4v) is 1.10. The molecule has 0 fully saturated rings. The van der Waals surface area contributed by atoms with Crippen LogP contribution in [0.1, 0.15) is 13.3 Å². The first-order chi connectivity index (χ1) is 7.99. The van der Waals surface area contributed by atoms with Gasteiger partial charge >= 0.3 is 0 Å². The molecular formula is C9H14N6O2. The number of aryl methyl sites for hydroxylation is 1. The van der Waals surface area contributed by atoms with E-state index in [1.54, 1.807) is 6.92 Å². The van der Waals surface area contributed by atoms with Crippen LogP contribution in [0.25, 0.3) is 0 Å². The summed E-state index contributed by atoms with van der Waals surface area (Å²) in [6, 6.07) is 2.39. The quantitative estimate of drug-likeness (QED) is 0.337. The second kappa shape index (κ2) is 5.64. The molecule has 0 amide bonds. The van der Waals surface area contributed by atoms with Gasteiger partial charge in [0.1, 0.15) is 0 Å². The zero-order valence-electron chi connectivity index (χ0n) is 9.38. The topological polar surface area (TPSA) is 132 Å². The Morgan fingerprint density at radius 2 is 2.06 bits per heavy atom. The number of nitrogens with one attached hydrogen (secondary N) is 1. The number of H-pyrrole nitrogens is 1. The van der Waals surface area contributed by atoms with E-state index in [1.807, 2.05) is 0 Å². The molecule has 0 bridgehead atoms. The number of aromatic nitrogens is 2. The third-order valence-electron chi connectivity index (χ3n) is 1.92. The molecular weight excluding hydrogens is 224 g/mol. The predicted octanol–water partition coefficient (Wildman–Crippen LogP) is -1.42. The first kappa shape index (κ1) is 12.7. The van der Waals surface area contributed by atoms with E-state index in [4.69, 9.17) is 11.5 Å². The Morgan fingerprint density at radius 3 is 2.71 bits per heavy atom. The molecule has 1 aromatic heterocycles. The van der Waals surface area contributed by atoms with Gasteiger partial charge in [-0.3, -0.25) is 14.7 Å². The van der Waals surface area contributed by atoms with Crippen molar-refractivity contribution in [1.29, 1.82) is 0 Å². The van der Waals surface area contributed by atoms with Crippen LogP contribution in [0.2, 0.25) is 0 Å². The second-order valence-corrected chi connectivity index (χ2v) is 3.41. The molecule has 0 spiro atoms. The summed E-state index contributed by atoms with van der Waals surface area (Å²) in [4.78, 5) is 22.3. The maximum absolute atomic E-state index is 11.3. The van der Waals surface area contributed by atoms with E-state index in [2.05, 4.69) is 15.3 Å². The zero-order valence-corrected chi connectivity index (χ0v) is 9.38. The maximum atomic E-state index is 11.3. The molecule has 0 aromatic carbocycles. The first-order valence-electron chi connectivity index (χ1n) is 4.91. The van der Waals surface area contributed by atoms with Gasteiger partial charge in [-0.15, -0.1) is 5.10 Å². The summed E-state index contributed by atoms with van der Waals surface area (Å²) < 4.78 is 1.21. The molecule has 0 radical (unpaired) electrons. The molecule has 17 heavy (non-hydrogen) atoms. The third-order valence-corrected chi connectivity index (χ3v) is 1.92. The van der Waals surface area contributed by atoms with Gasteiger partial charge in [0, 0.05) is 30.8 Å². The summed E-state index contributed by atoms with van der Waals surface area (Å²) in [6.45, 7) is 2.03. The van der Waals surface area contributed by atoms with Crippen molar-refractivity contribution in [2.24, 2.45) is 21.7 Å². The van der Waals surface area contributed by atoms with Crippen LogP contribution in [-0.4, -0.2) is 21.5 Å². The van der Waals surface area contributed by atoms with E-state index in [9.17, 15) is 9.59 Å². The molecule has 1 heterocycles. The largest absolute Gasteiger partial charge is 0.369 e. The number of aromatic amines is 1. The Hall–Kier alpha value is -2.38. The smallest absolute Gasteiger partial charge is 0.265 e. The van der Waals surface area contributed by atoms with Crippen molar-refractivity contribution in [1.82, 2.24) is 9.78 Å². The Bertz CT molecular complexity index is 549. The number of nitrogens with zero attached hydrogens (tertiary/aromatic N) is 3. The number of rotatable bonds is 4. The van der Waals surface area contributed by atoms with Crippen LogP contribution in [0.15, 0.2) is 31.9 Å². The molecule has 0 aliphatic heterocycles. The summed E-state index contributed by atoms with van der Waals surface area (Å²) in [5.74, 6) is -0.130. The lowest BCUT2D eigenvalue weighted by atomic mass is 10.3. The van der Waals surface area contributed by atoms with E-state index < -0.39 is 0 Å². The maximum Gasteiger partial charge on any atom is 0.265 e. The van der Waals surface area contributed by atoms with Gasteiger partial charge in [-0.25, -0.2) is 4.68 Å². The molecule has 0 aliphatic carbocycles. The molecule has 0 atom stereocenters. The van der Waals surface area contributed by atoms with E-state index in [0.29, 0.717) is 18.7 Å². The summed E-state index contributed by atoms with van der Waals surface area (Å²) in [6.07, 6.45) is 0.455. The number of hydrogen-bond acceptors (Lipinski definition) is 4. The molecule has 1 rings (SSSR count). The first-order valence-corrected chi connectivity index (χ1v) is 4.91. The summed E-state index contributed by atoms with van der Waals surface area (Å²) >= 11 is 0. The van der Waals surface area contributed by atoms with Crippen molar-refractivity contribution in [2.75, 3.05) is 0 Å². The van der Waals surface area contributed by atoms with Gasteiger partial charge in [-0.2, -0.15) is 5.10 Å². The van der Waals surface area contributed by atoms with Crippen LogP contribution in [0.3, 0.4) is 0 Å². The van der Waals surface area contributed by atoms with Crippen molar-refractivity contribution in [3.63, 3.8) is 0 Å². The SMILES string of the molecule is C/C(CCn1[nH]c(=O)ccc1=O)=N\N=C(N)N. The normalized spacial score (nSPS) is 11.2. The molecule has 0 saturated heterocycles. The number of guanidine groups is 1. The van der Waals surface area contributed by atoms with Gasteiger partial charge < -0.3 is 11.5 Å². The number of hydrogen-bond donors (Lipinski definition) is 3. The van der Waals surface area contributed by atoms with E-state index in [1.165, 1.54) is 16.8 Å². The summed E-state index contributed by atoms with van der Waals surface area (Å²) in [5, 5.41) is 9.62. The molecule has 0 unspecified atom stereocenters. The van der Waals surface area contributed by atoms with Gasteiger partial charge in [-0.05, 0) is 6.92 Å². The fraction of sp³-hybridized carbons (Fsp3) is 0.333. The van der Waals surface area contributed by atoms with Crippen LogP contribution < -0.4 is 22.6 Å². The molecule has 5 N–H and O–H groups in total. The molecule has 8 heteroatoms. The molecule has 8 nitrogen and oxygen atoms in total. The van der Waals surface area contributed by atoms with Crippen molar-refractivity contribution < 1.29 is 0 Å². The highest BCUT2D eigenvalue weighted by atomic mass is 16.1. The third kappa shape index (κ3) is 4.33. The fourth-order valence-electron chi connectivity index (χ4n) is 1.10. The summed E-state index contributed by atoms with van der Waals surface area (Å²) in [7, 11) is 0. The van der Waals surface area contributed by atoms with Gasteiger partial charge in [0.2, 0.25) is 5.96 Å². The Labute approximate surface area is 96.6 Å². The number of nitrogens with two attached hydrogens (primary N) is 2. The van der Waals surface area contributed by atoms with E-state index >= 15 is 0 Å². The minimum absolute atomic E-state index is 0.130. The van der Waals surface area contributed by atoms with Crippen molar-refractivity contribution in [3.8, 4) is 0 Å². The van der Waals surface area contributed by atoms with Gasteiger partial charge in [0.05, 0.1) is 0 Å². The lowest BCUT2D eigenvalue weighted by Gasteiger charge is -2.03. The molecule has 0 saturated carbocycles.